The monoisotopic (exact) mass is 1120 g/mol. The zero-order valence-electron chi connectivity index (χ0n) is 46.8. The van der Waals surface area contributed by atoms with Crippen LogP contribution in [0, 0.1) is 20.8 Å². The summed E-state index contributed by atoms with van der Waals surface area (Å²) in [5.74, 6) is 1.85. The van der Waals surface area contributed by atoms with Gasteiger partial charge in [0.15, 0.2) is 17.5 Å². The summed E-state index contributed by atoms with van der Waals surface area (Å²) >= 11 is 3.61. The van der Waals surface area contributed by atoms with E-state index in [4.69, 9.17) is 15.0 Å². The van der Waals surface area contributed by atoms with E-state index in [1.54, 1.807) is 22.7 Å². The van der Waals surface area contributed by atoms with Gasteiger partial charge in [-0.25, -0.2) is 15.0 Å². The van der Waals surface area contributed by atoms with Gasteiger partial charge >= 0.3 is 0 Å². The first-order valence-electron chi connectivity index (χ1n) is 28.9. The highest BCUT2D eigenvalue weighted by atomic mass is 32.1. The molecule has 0 aliphatic rings. The van der Waals surface area contributed by atoms with Crippen molar-refractivity contribution in [3.8, 4) is 78.9 Å². The Hall–Kier alpha value is -10.3. The minimum Gasteiger partial charge on any atom is -0.309 e. The number of thiophene rings is 2. The summed E-state index contributed by atoms with van der Waals surface area (Å²) in [6.07, 6.45) is 0. The number of aromatic nitrogens is 5. The Bertz CT molecular complexity index is 5320. The molecule has 0 atom stereocenters. The Morgan fingerprint density at radius 2 is 0.706 bits per heavy atom. The molecule has 0 aliphatic carbocycles. The van der Waals surface area contributed by atoms with Crippen LogP contribution in [0.5, 0.6) is 0 Å². The van der Waals surface area contributed by atoms with E-state index >= 15 is 0 Å². The molecule has 12 aromatic carbocycles. The summed E-state index contributed by atoms with van der Waals surface area (Å²) in [6, 6.07) is 93.4. The Labute approximate surface area is 498 Å². The zero-order valence-corrected chi connectivity index (χ0v) is 48.4. The smallest absolute Gasteiger partial charge is 0.164 e. The maximum Gasteiger partial charge on any atom is 0.164 e. The van der Waals surface area contributed by atoms with Crippen LogP contribution in [-0.4, -0.2) is 24.1 Å². The molecule has 0 saturated heterocycles. The number of para-hydroxylation sites is 2. The number of nitrogens with zero attached hydrogens (tertiary/aromatic N) is 5. The average molecular weight is 1120 g/mol. The van der Waals surface area contributed by atoms with E-state index in [1.807, 2.05) is 0 Å². The summed E-state index contributed by atoms with van der Waals surface area (Å²) in [5.41, 5.74) is 20.1. The van der Waals surface area contributed by atoms with Crippen molar-refractivity contribution in [3.63, 3.8) is 0 Å². The van der Waals surface area contributed by atoms with E-state index < -0.39 is 0 Å². The molecule has 0 saturated carbocycles. The van der Waals surface area contributed by atoms with Gasteiger partial charge in [0, 0.05) is 95.4 Å². The maximum absolute atomic E-state index is 5.53. The summed E-state index contributed by atoms with van der Waals surface area (Å²) in [5, 5.41) is 9.79. The van der Waals surface area contributed by atoms with Gasteiger partial charge in [-0.15, -0.1) is 22.7 Å². The van der Waals surface area contributed by atoms with Crippen LogP contribution in [0.1, 0.15) is 16.7 Å². The molecular weight excluding hydrogens is 1070 g/mol. The lowest BCUT2D eigenvalue weighted by Gasteiger charge is -2.21. The fraction of sp³-hybridized carbons (Fsp3) is 0.0385. The van der Waals surface area contributed by atoms with Crippen molar-refractivity contribution in [2.24, 2.45) is 0 Å². The summed E-state index contributed by atoms with van der Waals surface area (Å²) in [4.78, 5) is 16.5. The average Bonchev–Trinajstić information content (AvgIpc) is 2.75. The van der Waals surface area contributed by atoms with Gasteiger partial charge < -0.3 is 9.13 Å². The van der Waals surface area contributed by atoms with Gasteiger partial charge in [0.1, 0.15) is 0 Å². The normalized spacial score (nSPS) is 11.9. The number of rotatable bonds is 8. The highest BCUT2D eigenvalue weighted by Crippen LogP contribution is 2.47. The molecule has 0 amide bonds. The topological polar surface area (TPSA) is 48.5 Å². The van der Waals surface area contributed by atoms with Crippen molar-refractivity contribution in [1.82, 2.24) is 24.1 Å². The highest BCUT2D eigenvalue weighted by Gasteiger charge is 2.25. The first-order valence-corrected chi connectivity index (χ1v) is 30.5. The Morgan fingerprint density at radius 1 is 0.282 bits per heavy atom. The standard InChI is InChI=1S/C78H51N5S2/c1-46-38-47(2)74(48(3)39-46)51-32-36-68-64(40-51)65-45-55(82-66-26-14-10-22-56(66)57-23-11-15-27-67(57)82)33-37-69(65)83(68)75-62(49-18-6-4-7-19-49)41-54(42-63(75)50-20-8-5-9-21-50)78-80-76(52-30-34-60-58-24-12-16-28-70(58)84-72(60)43-52)79-77(81-78)53-31-35-61-59-25-13-17-29-71(59)85-73(61)44-53/h4-45H,1-3H3. The molecule has 0 spiro atoms. The van der Waals surface area contributed by atoms with Crippen molar-refractivity contribution >= 4 is 107 Å². The molecule has 5 aromatic heterocycles. The number of aryl methyl sites for hydroxylation is 3. The minimum absolute atomic E-state index is 0.598. The molecule has 7 heteroatoms. The highest BCUT2D eigenvalue weighted by molar-refractivity contribution is 7.26. The van der Waals surface area contributed by atoms with Gasteiger partial charge in [0.05, 0.1) is 27.8 Å². The van der Waals surface area contributed by atoms with Crippen molar-refractivity contribution in [2.45, 2.75) is 20.8 Å². The van der Waals surface area contributed by atoms with Crippen LogP contribution in [0.4, 0.5) is 0 Å². The Morgan fingerprint density at radius 3 is 1.25 bits per heavy atom. The van der Waals surface area contributed by atoms with Gasteiger partial charge in [-0.2, -0.15) is 0 Å². The molecular formula is C78H51N5S2. The third kappa shape index (κ3) is 7.99. The molecule has 0 N–H and O–H groups in total. The fourth-order valence-corrected chi connectivity index (χ4v) is 15.8. The molecule has 0 bridgehead atoms. The fourth-order valence-electron chi connectivity index (χ4n) is 13.6. The lowest BCUT2D eigenvalue weighted by atomic mass is 9.92. The molecule has 5 heterocycles. The van der Waals surface area contributed by atoms with E-state index in [2.05, 4.69) is 285 Å². The molecule has 17 aromatic rings. The van der Waals surface area contributed by atoms with Crippen molar-refractivity contribution < 1.29 is 0 Å². The van der Waals surface area contributed by atoms with Gasteiger partial charge in [-0.3, -0.25) is 0 Å². The van der Waals surface area contributed by atoms with Gasteiger partial charge in [-0.05, 0) is 133 Å². The molecule has 0 radical (unpaired) electrons. The van der Waals surface area contributed by atoms with Crippen LogP contribution in [-0.2, 0) is 0 Å². The molecule has 17 rings (SSSR count). The largest absolute Gasteiger partial charge is 0.309 e. The third-order valence-corrected chi connectivity index (χ3v) is 19.5. The van der Waals surface area contributed by atoms with Crippen LogP contribution in [0.3, 0.4) is 0 Å². The molecule has 0 aliphatic heterocycles. The summed E-state index contributed by atoms with van der Waals surface area (Å²) < 4.78 is 9.87. The summed E-state index contributed by atoms with van der Waals surface area (Å²) in [6.45, 7) is 6.68. The molecule has 85 heavy (non-hydrogen) atoms. The number of fused-ring (bicyclic) bond motifs is 12. The van der Waals surface area contributed by atoms with Crippen molar-refractivity contribution in [3.05, 3.63) is 271 Å². The quantitative estimate of drug-likeness (QED) is 0.152. The Balaban J connectivity index is 0.945. The van der Waals surface area contributed by atoms with Crippen LogP contribution in [0.15, 0.2) is 255 Å². The second-order valence-electron chi connectivity index (χ2n) is 22.5. The van der Waals surface area contributed by atoms with E-state index in [-0.39, 0.29) is 0 Å². The van der Waals surface area contributed by atoms with Crippen LogP contribution in [0.2, 0.25) is 0 Å². The lowest BCUT2D eigenvalue weighted by Crippen LogP contribution is -2.04. The van der Waals surface area contributed by atoms with E-state index in [1.165, 1.54) is 101 Å². The van der Waals surface area contributed by atoms with Gasteiger partial charge in [0.25, 0.3) is 0 Å². The first kappa shape index (κ1) is 49.3. The molecule has 5 nitrogen and oxygen atoms in total. The number of hydrogen-bond acceptors (Lipinski definition) is 5. The molecule has 0 fully saturated rings. The summed E-state index contributed by atoms with van der Waals surface area (Å²) in [7, 11) is 0. The lowest BCUT2D eigenvalue weighted by molar-refractivity contribution is 1.07. The van der Waals surface area contributed by atoms with Gasteiger partial charge in [0.2, 0.25) is 0 Å². The first-order chi connectivity index (χ1) is 41.8. The predicted molar refractivity (Wildman–Crippen MR) is 361 cm³/mol. The SMILES string of the molecule is Cc1cc(C)c(-c2ccc3c(c2)c2cc(-n4c5ccccc5c5ccccc54)ccc2n3-c2c(-c3ccccc3)cc(-c3nc(-c4ccc5c(c4)sc4ccccc45)nc(-c4ccc5c(c4)sc4ccccc45)n3)cc2-c2ccccc2)c(C)c1. The van der Waals surface area contributed by atoms with E-state index in [0.29, 0.717) is 17.5 Å². The zero-order chi connectivity index (χ0) is 56.4. The van der Waals surface area contributed by atoms with E-state index in [9.17, 15) is 0 Å². The number of benzene rings is 12. The van der Waals surface area contributed by atoms with Crippen LogP contribution < -0.4 is 0 Å². The van der Waals surface area contributed by atoms with Crippen LogP contribution >= 0.6 is 22.7 Å². The van der Waals surface area contributed by atoms with Crippen molar-refractivity contribution in [2.75, 3.05) is 0 Å². The minimum atomic E-state index is 0.598. The van der Waals surface area contributed by atoms with Gasteiger partial charge in [-0.1, -0.05) is 181 Å². The van der Waals surface area contributed by atoms with Crippen molar-refractivity contribution in [1.29, 1.82) is 0 Å². The molecule has 400 valence electrons. The predicted octanol–water partition coefficient (Wildman–Crippen LogP) is 21.7. The Kier molecular flexibility index (Phi) is 11.3. The maximum atomic E-state index is 5.53. The number of hydrogen-bond donors (Lipinski definition) is 0. The second-order valence-corrected chi connectivity index (χ2v) is 24.7. The second kappa shape index (κ2) is 19.4. The molecule has 0 unspecified atom stereocenters. The van der Waals surface area contributed by atoms with E-state index in [0.717, 1.165) is 61.4 Å². The third-order valence-electron chi connectivity index (χ3n) is 17.2. The van der Waals surface area contributed by atoms with Crippen LogP contribution in [0.25, 0.3) is 163 Å².